The summed E-state index contributed by atoms with van der Waals surface area (Å²) >= 11 is 0. The molecule has 2 rings (SSSR count). The average molecular weight is 193 g/mol. The van der Waals surface area contributed by atoms with Crippen molar-refractivity contribution in [3.8, 4) is 0 Å². The number of allylic oxidation sites excluding steroid dienone is 4. The predicted octanol–water partition coefficient (Wildman–Crippen LogP) is 3.10. The second-order valence-corrected chi connectivity index (χ2v) is 4.29. The summed E-state index contributed by atoms with van der Waals surface area (Å²) in [5, 5.41) is 0. The molecule has 0 aliphatic heterocycles. The Kier molecular flexibility index (Phi) is 4.40. The van der Waals surface area contributed by atoms with Gasteiger partial charge in [0.05, 0.1) is 0 Å². The quantitative estimate of drug-likeness (QED) is 0.651. The Bertz CT molecular complexity index is 223. The highest BCUT2D eigenvalue weighted by Gasteiger charge is 2.36. The molecule has 0 spiro atoms. The molecule has 0 N–H and O–H groups in total. The van der Waals surface area contributed by atoms with E-state index in [1.54, 1.807) is 5.57 Å². The van der Waals surface area contributed by atoms with Gasteiger partial charge in [-0.15, -0.1) is 0 Å². The number of hydrogen-bond acceptors (Lipinski definition) is 1. The Labute approximate surface area is 88.5 Å². The molecular formula is C13H23N. The van der Waals surface area contributed by atoms with Gasteiger partial charge in [0.1, 0.15) is 0 Å². The second-order valence-electron chi connectivity index (χ2n) is 4.29. The van der Waals surface area contributed by atoms with Crippen molar-refractivity contribution in [3.63, 3.8) is 0 Å². The van der Waals surface area contributed by atoms with Crippen LogP contribution in [0.25, 0.3) is 0 Å². The Morgan fingerprint density at radius 3 is 2.36 bits per heavy atom. The van der Waals surface area contributed by atoms with Crippen LogP contribution in [0, 0.1) is 11.8 Å². The molecule has 0 amide bonds. The minimum Gasteiger partial charge on any atom is -0.307 e. The third-order valence-corrected chi connectivity index (χ3v) is 3.22. The van der Waals surface area contributed by atoms with Crippen molar-refractivity contribution in [2.45, 2.75) is 27.2 Å². The lowest BCUT2D eigenvalue weighted by molar-refractivity contribution is 0.373. The van der Waals surface area contributed by atoms with Gasteiger partial charge >= 0.3 is 0 Å². The zero-order valence-corrected chi connectivity index (χ0v) is 9.96. The van der Waals surface area contributed by atoms with Gasteiger partial charge in [-0.05, 0) is 45.3 Å². The van der Waals surface area contributed by atoms with Crippen molar-refractivity contribution in [2.24, 2.45) is 11.8 Å². The molecule has 1 fully saturated rings. The minimum atomic E-state index is 0.931. The Hall–Kier alpha value is -0.560. The molecule has 0 aromatic carbocycles. The lowest BCUT2D eigenvalue weighted by Crippen LogP contribution is -2.15. The van der Waals surface area contributed by atoms with Gasteiger partial charge in [0.25, 0.3) is 0 Å². The van der Waals surface area contributed by atoms with E-state index in [1.165, 1.54) is 6.42 Å². The molecule has 0 aromatic heterocycles. The van der Waals surface area contributed by atoms with Crippen LogP contribution >= 0.6 is 0 Å². The molecule has 2 atom stereocenters. The third kappa shape index (κ3) is 3.30. The number of hydrogen-bond donors (Lipinski definition) is 0. The summed E-state index contributed by atoms with van der Waals surface area (Å²) in [6.45, 7) is 8.87. The summed E-state index contributed by atoms with van der Waals surface area (Å²) in [7, 11) is 2.11. The van der Waals surface area contributed by atoms with E-state index >= 15 is 0 Å². The van der Waals surface area contributed by atoms with E-state index in [0.29, 0.717) is 0 Å². The van der Waals surface area contributed by atoms with E-state index in [1.807, 2.05) is 0 Å². The van der Waals surface area contributed by atoms with Crippen LogP contribution in [-0.2, 0) is 0 Å². The van der Waals surface area contributed by atoms with Crippen molar-refractivity contribution in [2.75, 3.05) is 20.1 Å². The van der Waals surface area contributed by atoms with Crippen LogP contribution in [-0.4, -0.2) is 25.0 Å². The Morgan fingerprint density at radius 2 is 2.00 bits per heavy atom. The van der Waals surface area contributed by atoms with Gasteiger partial charge in [-0.2, -0.15) is 0 Å². The van der Waals surface area contributed by atoms with E-state index in [9.17, 15) is 0 Å². The fraction of sp³-hybridized carbons (Fsp3) is 0.692. The molecule has 14 heavy (non-hydrogen) atoms. The molecule has 1 heteroatoms. The summed E-state index contributed by atoms with van der Waals surface area (Å²) in [4.78, 5) is 2.25. The summed E-state index contributed by atoms with van der Waals surface area (Å²) in [5.74, 6) is 1.87. The van der Waals surface area contributed by atoms with Crippen molar-refractivity contribution in [1.82, 2.24) is 4.90 Å². The number of rotatable bonds is 2. The number of nitrogens with zero attached hydrogens (tertiary/aromatic N) is 1. The Balaban J connectivity index is 0.000000149. The molecule has 0 saturated heterocycles. The molecular weight excluding hydrogens is 170 g/mol. The maximum atomic E-state index is 2.32. The zero-order valence-electron chi connectivity index (χ0n) is 9.96. The van der Waals surface area contributed by atoms with E-state index in [-0.39, 0.29) is 0 Å². The summed E-state index contributed by atoms with van der Waals surface area (Å²) in [6.07, 6.45) is 8.15. The maximum absolute atomic E-state index is 2.32. The van der Waals surface area contributed by atoms with Crippen molar-refractivity contribution < 1.29 is 0 Å². The van der Waals surface area contributed by atoms with Gasteiger partial charge in [0.15, 0.2) is 0 Å². The molecule has 1 nitrogen and oxygen atoms in total. The van der Waals surface area contributed by atoms with Crippen LogP contribution in [0.1, 0.15) is 27.2 Å². The fourth-order valence-corrected chi connectivity index (χ4v) is 1.65. The SMILES string of the molecule is CC1=CC=CC2CC12.CCN(C)CC. The van der Waals surface area contributed by atoms with Gasteiger partial charge in [0, 0.05) is 0 Å². The maximum Gasteiger partial charge on any atom is -0.00504 e. The first-order valence-corrected chi connectivity index (χ1v) is 5.72. The zero-order chi connectivity index (χ0) is 10.6. The highest BCUT2D eigenvalue weighted by molar-refractivity contribution is 5.28. The van der Waals surface area contributed by atoms with Gasteiger partial charge in [-0.3, -0.25) is 0 Å². The average Bonchev–Trinajstić information content (AvgIpc) is 2.98. The number of fused-ring (bicyclic) bond motifs is 1. The smallest absolute Gasteiger partial charge is 0.00504 e. The first-order valence-electron chi connectivity index (χ1n) is 5.72. The lowest BCUT2D eigenvalue weighted by atomic mass is 10.1. The van der Waals surface area contributed by atoms with E-state index in [0.717, 1.165) is 24.9 Å². The minimum absolute atomic E-state index is 0.931. The largest absolute Gasteiger partial charge is 0.307 e. The molecule has 2 aliphatic carbocycles. The molecule has 0 radical (unpaired) electrons. The topological polar surface area (TPSA) is 3.24 Å². The second kappa shape index (κ2) is 5.35. The first kappa shape index (κ1) is 11.5. The molecule has 1 saturated carbocycles. The highest BCUT2D eigenvalue weighted by Crippen LogP contribution is 2.46. The predicted molar refractivity (Wildman–Crippen MR) is 63.3 cm³/mol. The van der Waals surface area contributed by atoms with Gasteiger partial charge < -0.3 is 4.90 Å². The van der Waals surface area contributed by atoms with Crippen LogP contribution in [0.15, 0.2) is 23.8 Å². The summed E-state index contributed by atoms with van der Waals surface area (Å²) < 4.78 is 0. The monoisotopic (exact) mass is 193 g/mol. The van der Waals surface area contributed by atoms with Crippen LogP contribution in [0.5, 0.6) is 0 Å². The van der Waals surface area contributed by atoms with Crippen molar-refractivity contribution in [3.05, 3.63) is 23.8 Å². The Morgan fingerprint density at radius 1 is 1.36 bits per heavy atom. The summed E-state index contributed by atoms with van der Waals surface area (Å²) in [5.41, 5.74) is 1.58. The molecule has 80 valence electrons. The molecule has 2 aliphatic rings. The normalized spacial score (nSPS) is 27.6. The molecule has 2 unspecified atom stereocenters. The fourth-order valence-electron chi connectivity index (χ4n) is 1.65. The first-order chi connectivity index (χ1) is 6.69. The van der Waals surface area contributed by atoms with E-state index in [2.05, 4.69) is 50.9 Å². The van der Waals surface area contributed by atoms with E-state index < -0.39 is 0 Å². The van der Waals surface area contributed by atoms with Crippen LogP contribution in [0.3, 0.4) is 0 Å². The van der Waals surface area contributed by atoms with Crippen molar-refractivity contribution >= 4 is 0 Å². The molecule has 0 aromatic rings. The van der Waals surface area contributed by atoms with Crippen LogP contribution < -0.4 is 0 Å². The summed E-state index contributed by atoms with van der Waals surface area (Å²) in [6, 6.07) is 0. The van der Waals surface area contributed by atoms with Gasteiger partial charge in [-0.25, -0.2) is 0 Å². The lowest BCUT2D eigenvalue weighted by Gasteiger charge is -2.07. The molecule has 0 bridgehead atoms. The standard InChI is InChI=1S/C8H10.C5H13N/c1-6-3-2-4-7-5-8(6)7;1-4-6(3)5-2/h2-4,7-8H,5H2,1H3;4-5H2,1-3H3. The molecule has 0 heterocycles. The van der Waals surface area contributed by atoms with Crippen LogP contribution in [0.2, 0.25) is 0 Å². The van der Waals surface area contributed by atoms with Crippen LogP contribution in [0.4, 0.5) is 0 Å². The van der Waals surface area contributed by atoms with E-state index in [4.69, 9.17) is 0 Å². The van der Waals surface area contributed by atoms with Gasteiger partial charge in [-0.1, -0.05) is 37.6 Å². The van der Waals surface area contributed by atoms with Crippen molar-refractivity contribution in [1.29, 1.82) is 0 Å². The van der Waals surface area contributed by atoms with Gasteiger partial charge in [0.2, 0.25) is 0 Å². The highest BCUT2D eigenvalue weighted by atomic mass is 15.1. The third-order valence-electron chi connectivity index (χ3n) is 3.22.